The van der Waals surface area contributed by atoms with Gasteiger partial charge in [0.25, 0.3) is 0 Å². The first-order valence-electron chi connectivity index (χ1n) is 7.74. The number of aromatic nitrogens is 3. The second kappa shape index (κ2) is 5.14. The maximum absolute atomic E-state index is 11.1. The molecule has 0 radical (unpaired) electrons. The molecule has 20 heavy (non-hydrogen) atoms. The highest BCUT2D eigenvalue weighted by molar-refractivity contribution is 5.03. The lowest BCUT2D eigenvalue weighted by Gasteiger charge is -2.49. The van der Waals surface area contributed by atoms with E-state index >= 15 is 0 Å². The van der Waals surface area contributed by atoms with E-state index in [0.717, 1.165) is 38.1 Å². The molecule has 1 aliphatic rings. The van der Waals surface area contributed by atoms with Crippen LogP contribution in [0.15, 0.2) is 6.33 Å². The molecule has 4 heteroatoms. The Labute approximate surface area is 122 Å². The highest BCUT2D eigenvalue weighted by atomic mass is 16.3. The van der Waals surface area contributed by atoms with Gasteiger partial charge in [-0.2, -0.15) is 5.10 Å². The third kappa shape index (κ3) is 3.60. The number of hydrogen-bond donors (Lipinski definition) is 1. The Kier molecular flexibility index (Phi) is 3.98. The Morgan fingerprint density at radius 3 is 2.30 bits per heavy atom. The van der Waals surface area contributed by atoms with E-state index in [1.807, 2.05) is 4.68 Å². The quantitative estimate of drug-likeness (QED) is 0.921. The Morgan fingerprint density at radius 1 is 1.15 bits per heavy atom. The van der Waals surface area contributed by atoms with Gasteiger partial charge < -0.3 is 5.11 Å². The molecule has 0 aliphatic heterocycles. The topological polar surface area (TPSA) is 50.9 Å². The minimum absolute atomic E-state index is 0.173. The summed E-state index contributed by atoms with van der Waals surface area (Å²) in [7, 11) is 0. The summed E-state index contributed by atoms with van der Waals surface area (Å²) in [5.41, 5.74) is -0.317. The lowest BCUT2D eigenvalue weighted by molar-refractivity contribution is -0.0866. The summed E-state index contributed by atoms with van der Waals surface area (Å²) in [4.78, 5) is 4.36. The van der Waals surface area contributed by atoms with Crippen molar-refractivity contribution in [3.05, 3.63) is 12.2 Å². The van der Waals surface area contributed by atoms with Crippen LogP contribution < -0.4 is 0 Å². The highest BCUT2D eigenvalue weighted by Crippen LogP contribution is 2.50. The molecule has 0 saturated heterocycles. The molecule has 114 valence electrons. The average Bonchev–Trinajstić information content (AvgIpc) is 2.59. The summed E-state index contributed by atoms with van der Waals surface area (Å²) < 4.78 is 1.94. The molecule has 0 aromatic carbocycles. The molecule has 1 aliphatic carbocycles. The van der Waals surface area contributed by atoms with E-state index in [9.17, 15) is 5.11 Å². The second-order valence-corrected chi connectivity index (χ2v) is 8.16. The fraction of sp³-hybridized carbons (Fsp3) is 0.875. The molecule has 1 fully saturated rings. The van der Waals surface area contributed by atoms with Gasteiger partial charge in [0.2, 0.25) is 0 Å². The van der Waals surface area contributed by atoms with E-state index < -0.39 is 5.60 Å². The molecule has 1 N–H and O–H groups in total. The summed E-state index contributed by atoms with van der Waals surface area (Å²) in [6.07, 6.45) is 6.08. The van der Waals surface area contributed by atoms with Crippen molar-refractivity contribution in [3.63, 3.8) is 0 Å². The van der Waals surface area contributed by atoms with Gasteiger partial charge in [0.1, 0.15) is 12.2 Å². The van der Waals surface area contributed by atoms with Gasteiger partial charge in [-0.3, -0.25) is 4.68 Å². The monoisotopic (exact) mass is 279 g/mol. The van der Waals surface area contributed by atoms with Crippen molar-refractivity contribution in [3.8, 4) is 0 Å². The van der Waals surface area contributed by atoms with E-state index in [1.165, 1.54) is 0 Å². The Balaban J connectivity index is 2.19. The van der Waals surface area contributed by atoms with E-state index in [2.05, 4.69) is 44.7 Å². The normalized spacial score (nSPS) is 23.7. The minimum atomic E-state index is -0.663. The third-order valence-corrected chi connectivity index (χ3v) is 4.19. The van der Waals surface area contributed by atoms with Crippen LogP contribution in [0.4, 0.5) is 0 Å². The first kappa shape index (κ1) is 15.5. The minimum Gasteiger partial charge on any atom is -0.389 e. The average molecular weight is 279 g/mol. The van der Waals surface area contributed by atoms with E-state index in [-0.39, 0.29) is 10.8 Å². The smallest absolute Gasteiger partial charge is 0.138 e. The van der Waals surface area contributed by atoms with Gasteiger partial charge in [-0.05, 0) is 36.5 Å². The van der Waals surface area contributed by atoms with Gasteiger partial charge in [-0.1, -0.05) is 34.6 Å². The lowest BCUT2D eigenvalue weighted by atomic mass is 9.59. The van der Waals surface area contributed by atoms with Crippen molar-refractivity contribution in [2.45, 2.75) is 78.9 Å². The molecule has 2 rings (SSSR count). The SMILES string of the molecule is CCCn1ncnc1CC1(O)CC(C)(C)CC(C)(C)C1. The zero-order valence-electron chi connectivity index (χ0n) is 13.6. The number of aliphatic hydroxyl groups is 1. The zero-order chi connectivity index (χ0) is 15.0. The van der Waals surface area contributed by atoms with Crippen LogP contribution in [-0.4, -0.2) is 25.5 Å². The van der Waals surface area contributed by atoms with E-state index in [0.29, 0.717) is 6.42 Å². The largest absolute Gasteiger partial charge is 0.389 e. The van der Waals surface area contributed by atoms with Gasteiger partial charge in [-0.25, -0.2) is 4.98 Å². The zero-order valence-corrected chi connectivity index (χ0v) is 13.6. The second-order valence-electron chi connectivity index (χ2n) is 8.16. The molecule has 0 spiro atoms. The molecule has 0 bridgehead atoms. The van der Waals surface area contributed by atoms with Crippen LogP contribution in [0.2, 0.25) is 0 Å². The summed E-state index contributed by atoms with van der Waals surface area (Å²) in [6, 6.07) is 0. The van der Waals surface area contributed by atoms with Crippen molar-refractivity contribution >= 4 is 0 Å². The maximum Gasteiger partial charge on any atom is 0.138 e. The van der Waals surface area contributed by atoms with Crippen molar-refractivity contribution in [1.29, 1.82) is 0 Å². The lowest BCUT2D eigenvalue weighted by Crippen LogP contribution is -2.47. The van der Waals surface area contributed by atoms with Gasteiger partial charge >= 0.3 is 0 Å². The third-order valence-electron chi connectivity index (χ3n) is 4.19. The number of nitrogens with zero attached hydrogens (tertiary/aromatic N) is 3. The Bertz CT molecular complexity index is 446. The van der Waals surface area contributed by atoms with Crippen LogP contribution in [0.5, 0.6) is 0 Å². The van der Waals surface area contributed by atoms with Gasteiger partial charge in [-0.15, -0.1) is 0 Å². The molecule has 4 nitrogen and oxygen atoms in total. The van der Waals surface area contributed by atoms with Crippen LogP contribution in [0, 0.1) is 10.8 Å². The van der Waals surface area contributed by atoms with Crippen molar-refractivity contribution < 1.29 is 5.11 Å². The first-order chi connectivity index (χ1) is 9.15. The molecule has 0 atom stereocenters. The molecule has 1 aromatic rings. The van der Waals surface area contributed by atoms with Crippen LogP contribution in [0.1, 0.15) is 66.1 Å². The number of hydrogen-bond acceptors (Lipinski definition) is 3. The first-order valence-corrected chi connectivity index (χ1v) is 7.74. The Morgan fingerprint density at radius 2 is 1.75 bits per heavy atom. The summed E-state index contributed by atoms with van der Waals surface area (Å²) >= 11 is 0. The van der Waals surface area contributed by atoms with Crippen molar-refractivity contribution in [2.24, 2.45) is 10.8 Å². The van der Waals surface area contributed by atoms with E-state index in [1.54, 1.807) is 6.33 Å². The van der Waals surface area contributed by atoms with Crippen molar-refractivity contribution in [2.75, 3.05) is 0 Å². The summed E-state index contributed by atoms with van der Waals surface area (Å²) in [5, 5.41) is 15.4. The van der Waals surface area contributed by atoms with Crippen LogP contribution in [0.25, 0.3) is 0 Å². The molecule has 1 heterocycles. The van der Waals surface area contributed by atoms with Gasteiger partial charge in [0.15, 0.2) is 0 Å². The van der Waals surface area contributed by atoms with Gasteiger partial charge in [0.05, 0.1) is 5.60 Å². The summed E-state index contributed by atoms with van der Waals surface area (Å²) in [6.45, 7) is 12.0. The van der Waals surface area contributed by atoms with Crippen molar-refractivity contribution in [1.82, 2.24) is 14.8 Å². The molecular weight excluding hydrogens is 250 g/mol. The fourth-order valence-electron chi connectivity index (χ4n) is 4.51. The maximum atomic E-state index is 11.1. The molecule has 1 aromatic heterocycles. The predicted octanol–water partition coefficient (Wildman–Crippen LogP) is 3.20. The molecule has 0 unspecified atom stereocenters. The number of rotatable bonds is 4. The highest BCUT2D eigenvalue weighted by Gasteiger charge is 2.46. The number of aryl methyl sites for hydroxylation is 1. The summed E-state index contributed by atoms with van der Waals surface area (Å²) in [5.74, 6) is 0.919. The standard InChI is InChI=1S/C16H29N3O/c1-6-7-19-13(17-12-18-19)8-16(20)10-14(2,3)9-15(4,5)11-16/h12,20H,6-11H2,1-5H3. The Hall–Kier alpha value is -0.900. The van der Waals surface area contributed by atoms with Crippen LogP contribution in [0.3, 0.4) is 0 Å². The van der Waals surface area contributed by atoms with E-state index in [4.69, 9.17) is 0 Å². The van der Waals surface area contributed by atoms with Gasteiger partial charge in [0, 0.05) is 13.0 Å². The predicted molar refractivity (Wildman–Crippen MR) is 80.4 cm³/mol. The molecule has 0 amide bonds. The molecular formula is C16H29N3O. The van der Waals surface area contributed by atoms with Crippen LogP contribution >= 0.6 is 0 Å². The molecule has 1 saturated carbocycles. The van der Waals surface area contributed by atoms with Crippen LogP contribution in [-0.2, 0) is 13.0 Å². The fourth-order valence-corrected chi connectivity index (χ4v) is 4.51.